The number of nitrogens with zero attached hydrogens (tertiary/aromatic N) is 5. The Labute approximate surface area is 792 Å². The largest absolute Gasteiger partial charge is 0.409 e. The SMILES string of the molecule is FC(F)(F)C1(C(F)(F)F)C(c2cc(Cl)ccn2)=[C-]C(F)(F)C1(C(F)(F)F)C(F)(F)F.FC1(F)[C-]=C(c2cc3ccccc3cn2)C(F)(F)C(F)(F)C1(F)F.FC1(F)[C-]=C(c2ccc3ccccc3n2)C(F)(F)C(F)(F)C1(F)F.FC1(F)[C-]=C(c2nc3ccccc3c3ccccc23)C(F)(F)C(F)(F)C1(F)F.FC1(F)[C-]=C(c2nccc3ccccc23)C(F)(F)C(F)(F)C1(F)F.[Ir].[Ir].[Ir].[Ir].[Ir]. The number of halogens is 47. The van der Waals surface area contributed by atoms with Gasteiger partial charge in [-0.15, -0.1) is 40.5 Å². The van der Waals surface area contributed by atoms with Crippen LogP contribution in [-0.4, -0.2) is 150 Å². The van der Waals surface area contributed by atoms with Crippen molar-refractivity contribution in [2.75, 3.05) is 0 Å². The van der Waals surface area contributed by atoms with Gasteiger partial charge < -0.3 is 24.9 Å². The number of benzene rings is 5. The van der Waals surface area contributed by atoms with Crippen molar-refractivity contribution < 1.29 is 302 Å². The molecule has 5 aromatic heterocycles. The summed E-state index contributed by atoms with van der Waals surface area (Å²) in [5.74, 6) is -102. The van der Waals surface area contributed by atoms with Gasteiger partial charge in [0.05, 0.1) is 5.52 Å². The second-order valence-corrected chi connectivity index (χ2v) is 28.3. The van der Waals surface area contributed by atoms with Gasteiger partial charge in [0.15, 0.2) is 5.41 Å². The topological polar surface area (TPSA) is 64.5 Å². The molecular formula is C78H29ClF46Ir5N5-5. The molecule has 135 heavy (non-hydrogen) atoms. The van der Waals surface area contributed by atoms with Crippen LogP contribution in [0.15, 0.2) is 176 Å². The summed E-state index contributed by atoms with van der Waals surface area (Å²) in [5, 5.41) is 0.872. The van der Waals surface area contributed by atoms with Crippen LogP contribution in [0.3, 0.4) is 0 Å². The third-order valence-electron chi connectivity index (χ3n) is 20.0. The van der Waals surface area contributed by atoms with Crippen LogP contribution in [0.2, 0.25) is 5.02 Å². The number of pyridine rings is 5. The minimum absolute atomic E-state index is 0. The van der Waals surface area contributed by atoms with E-state index in [9.17, 15) is 202 Å². The fraction of sp³-hybridized carbons (Fsp3) is 0.295. The average Bonchev–Trinajstić information content (AvgIpc) is 1.48. The third-order valence-corrected chi connectivity index (χ3v) is 20.2. The first-order valence-corrected chi connectivity index (χ1v) is 34.6. The van der Waals surface area contributed by atoms with Gasteiger partial charge in [-0.05, 0) is 51.2 Å². The van der Waals surface area contributed by atoms with Crippen LogP contribution in [0.1, 0.15) is 28.5 Å². The Balaban J connectivity index is 0.000000258. The Morgan fingerprint density at radius 3 is 1.01 bits per heavy atom. The van der Waals surface area contributed by atoms with E-state index < -0.39 is 198 Å². The molecule has 0 bridgehead atoms. The maximum Gasteiger partial charge on any atom is 0.409 e. The van der Waals surface area contributed by atoms with Crippen molar-refractivity contribution in [1.29, 1.82) is 0 Å². The summed E-state index contributed by atoms with van der Waals surface area (Å²) in [5.41, 5.74) is -32.1. The molecule has 0 atom stereocenters. The third kappa shape index (κ3) is 17.4. The number of fused-ring (bicyclic) bond motifs is 6. The first-order valence-electron chi connectivity index (χ1n) is 34.2. The Bertz CT molecular complexity index is 6090. The van der Waals surface area contributed by atoms with Gasteiger partial charge in [0.1, 0.15) is 0 Å². The first kappa shape index (κ1) is 116. The Morgan fingerprint density at radius 1 is 0.244 bits per heavy atom. The van der Waals surface area contributed by atoms with E-state index in [0.29, 0.717) is 52.7 Å². The summed E-state index contributed by atoms with van der Waals surface area (Å²) in [6.45, 7) is 0. The zero-order valence-electron chi connectivity index (χ0n) is 62.9. The van der Waals surface area contributed by atoms with E-state index in [1.54, 1.807) is 24.3 Å². The maximum atomic E-state index is 14.4. The van der Waals surface area contributed by atoms with Crippen molar-refractivity contribution in [3.63, 3.8) is 0 Å². The fourth-order valence-corrected chi connectivity index (χ4v) is 13.7. The van der Waals surface area contributed by atoms with Crippen molar-refractivity contribution in [3.05, 3.63) is 240 Å². The van der Waals surface area contributed by atoms with Gasteiger partial charge >= 0.3 is 95.8 Å². The maximum absolute atomic E-state index is 14.4. The van der Waals surface area contributed by atoms with Gasteiger partial charge in [-0.3, -0.25) is 0 Å². The summed E-state index contributed by atoms with van der Waals surface area (Å²) in [7, 11) is 0. The standard InChI is InChI=1S/C19H8F8N.3C15H6F8N.C14H3ClF14N.5Ir/c20-16(21)9-13(17(22,23)19(26,27)18(16,24)25)15-12-7-2-1-5-10(12)11-6-3-4-8-14(11)28-15;16-12(17)6-10(13(18,19)15(22,23)14(12,20)21)11-5-8-3-1-2-4-9(8)7-24-11;16-12(17)7-9(13(18,19)15(22,23)14(12,20)21)11-6-5-8-3-1-2-4-10(8)24-11;16-12(17)7-10(13(18,19)15(22,23)14(12,20)21)11-9-4-2-1-3-8(9)5-6-24-11;15-5-1-2-30-7(3-5)6-4-8(16,17)10(13(24,25)26,14(27,28)29)9(6,11(18,19)20)12(21,22)23;;;;;/h1-8H;1-5,7H;2*1-6H;1-3H;;;;;/q5*-1;;;;;. The molecule has 0 amide bonds. The monoisotopic (exact) mass is 2910 g/mol. The van der Waals surface area contributed by atoms with Gasteiger partial charge in [0.25, 0.3) is 23.7 Å². The van der Waals surface area contributed by atoms with E-state index in [1.807, 2.05) is 0 Å². The van der Waals surface area contributed by atoms with Crippen LogP contribution < -0.4 is 0 Å². The van der Waals surface area contributed by atoms with E-state index in [2.05, 4.69) is 24.9 Å². The number of rotatable bonds is 5. The van der Waals surface area contributed by atoms with Crippen molar-refractivity contribution in [1.82, 2.24) is 24.9 Å². The molecule has 5 aliphatic rings. The van der Waals surface area contributed by atoms with Crippen LogP contribution in [0.5, 0.6) is 0 Å². The minimum Gasteiger partial charge on any atom is -0.351 e. The second-order valence-electron chi connectivity index (χ2n) is 27.8. The summed E-state index contributed by atoms with van der Waals surface area (Å²) in [6.07, 6.45) is -26.4. The number of para-hydroxylation sites is 2. The first-order chi connectivity index (χ1) is 58.8. The summed E-state index contributed by atoms with van der Waals surface area (Å²) in [6, 6.07) is 33.5. The molecule has 10 aromatic rings. The van der Waals surface area contributed by atoms with Crippen molar-refractivity contribution in [3.8, 4) is 0 Å². The molecule has 5 aliphatic carbocycles. The molecular weight excluding hydrogens is 2880 g/mol. The average molecular weight is 2910 g/mol. The van der Waals surface area contributed by atoms with Crippen LogP contribution in [0.4, 0.5) is 202 Å². The molecule has 0 spiro atoms. The van der Waals surface area contributed by atoms with E-state index >= 15 is 0 Å². The summed E-state index contributed by atoms with van der Waals surface area (Å²) < 4.78 is 625. The molecule has 5 aromatic carbocycles. The summed E-state index contributed by atoms with van der Waals surface area (Å²) >= 11 is 5.29. The van der Waals surface area contributed by atoms with Crippen LogP contribution in [-0.2, 0) is 101 Å². The molecule has 0 saturated heterocycles. The smallest absolute Gasteiger partial charge is 0.351 e. The fourth-order valence-electron chi connectivity index (χ4n) is 13.5. The molecule has 5 radical (unpaired) electrons. The van der Waals surface area contributed by atoms with Crippen molar-refractivity contribution >= 4 is 93.6 Å². The quantitative estimate of drug-likeness (QED) is 0.0976. The van der Waals surface area contributed by atoms with Crippen LogP contribution >= 0.6 is 11.6 Å². The molecule has 57 heteroatoms. The Hall–Kier alpha value is -7.83. The second kappa shape index (κ2) is 36.7. The summed E-state index contributed by atoms with van der Waals surface area (Å²) in [4.78, 5) is 17.0. The molecule has 0 unspecified atom stereocenters. The molecule has 0 fully saturated rings. The van der Waals surface area contributed by atoms with Crippen LogP contribution in [0, 0.1) is 41.2 Å². The zero-order valence-corrected chi connectivity index (χ0v) is 75.6. The molecule has 0 N–H and O–H groups in total. The van der Waals surface area contributed by atoms with Gasteiger partial charge in [-0.2, -0.15) is 194 Å². The predicted molar refractivity (Wildman–Crippen MR) is 360 cm³/mol. The number of allylic oxidation sites excluding steroid dienone is 10. The van der Waals surface area contributed by atoms with E-state index in [0.717, 1.165) is 24.5 Å². The van der Waals surface area contributed by atoms with Crippen LogP contribution in [0.25, 0.3) is 82.0 Å². The van der Waals surface area contributed by atoms with E-state index in [-0.39, 0.29) is 151 Å². The van der Waals surface area contributed by atoms with Gasteiger partial charge in [-0.25, -0.2) is 43.9 Å². The van der Waals surface area contributed by atoms with Gasteiger partial charge in [0.2, 0.25) is 11.3 Å². The molecule has 0 aliphatic heterocycles. The number of alkyl halides is 46. The number of aromatic nitrogens is 5. The van der Waals surface area contributed by atoms with Gasteiger partial charge in [0, 0.05) is 135 Å². The molecule has 5 nitrogen and oxygen atoms in total. The van der Waals surface area contributed by atoms with Gasteiger partial charge in [-0.1, -0.05) is 166 Å². The molecule has 15 rings (SSSR count). The van der Waals surface area contributed by atoms with Crippen molar-refractivity contribution in [2.24, 2.45) is 10.8 Å². The van der Waals surface area contributed by atoms with Crippen molar-refractivity contribution in [2.45, 2.75) is 125 Å². The predicted octanol–water partition coefficient (Wildman–Crippen LogP) is 27.8. The number of hydrogen-bond donors (Lipinski definition) is 0. The molecule has 0 saturated carbocycles. The Morgan fingerprint density at radius 2 is 0.578 bits per heavy atom. The molecule has 745 valence electrons. The zero-order chi connectivity index (χ0) is 98.2. The Kier molecular flexibility index (Phi) is 31.5. The molecule has 5 heterocycles. The number of hydrogen-bond acceptors (Lipinski definition) is 5. The van der Waals surface area contributed by atoms with E-state index in [4.69, 9.17) is 11.6 Å². The van der Waals surface area contributed by atoms with E-state index in [1.165, 1.54) is 109 Å². The normalized spacial score (nSPS) is 22.1. The minimum atomic E-state index is -7.81.